The summed E-state index contributed by atoms with van der Waals surface area (Å²) >= 11 is 0. The Kier molecular flexibility index (Phi) is 2.50. The lowest BCUT2D eigenvalue weighted by molar-refractivity contribution is 0.0747. The molecule has 0 fully saturated rings. The van der Waals surface area contributed by atoms with E-state index in [0.717, 1.165) is 0 Å². The van der Waals surface area contributed by atoms with Gasteiger partial charge >= 0.3 is 16.2 Å². The van der Waals surface area contributed by atoms with Crippen LogP contribution in [0.5, 0.6) is 0 Å². The third-order valence-electron chi connectivity index (χ3n) is 1.77. The van der Waals surface area contributed by atoms with Crippen LogP contribution in [0.25, 0.3) is 0 Å². The maximum absolute atomic E-state index is 10.7. The van der Waals surface area contributed by atoms with Crippen LogP contribution in [-0.4, -0.2) is 13.0 Å². The van der Waals surface area contributed by atoms with Crippen LogP contribution >= 0.6 is 0 Å². The van der Waals surface area contributed by atoms with E-state index in [1.54, 1.807) is 18.2 Å². The first-order chi connectivity index (χ1) is 7.52. The van der Waals surface area contributed by atoms with Crippen molar-refractivity contribution in [2.24, 2.45) is 20.7 Å². The SMILES string of the molecule is O=S(=O)(O)OC1(c2ccccc2)N=NN=N1. The van der Waals surface area contributed by atoms with Gasteiger partial charge in [-0.25, -0.2) is 0 Å². The molecule has 0 bridgehead atoms. The molecule has 84 valence electrons. The summed E-state index contributed by atoms with van der Waals surface area (Å²) in [4.78, 5) is 0. The third kappa shape index (κ3) is 2.10. The average Bonchev–Trinajstić information content (AvgIpc) is 2.66. The van der Waals surface area contributed by atoms with Gasteiger partial charge in [-0.05, 0) is 10.4 Å². The molecule has 1 N–H and O–H groups in total. The fourth-order valence-corrected chi connectivity index (χ4v) is 1.64. The first-order valence-corrected chi connectivity index (χ1v) is 5.46. The van der Waals surface area contributed by atoms with Gasteiger partial charge in [0.05, 0.1) is 0 Å². The molecule has 9 heteroatoms. The molecule has 0 atom stereocenters. The van der Waals surface area contributed by atoms with Crippen LogP contribution in [0.2, 0.25) is 0 Å². The second-order valence-corrected chi connectivity index (χ2v) is 3.89. The van der Waals surface area contributed by atoms with Gasteiger partial charge in [-0.1, -0.05) is 40.6 Å². The first kappa shape index (κ1) is 10.8. The summed E-state index contributed by atoms with van der Waals surface area (Å²) in [7, 11) is -4.72. The van der Waals surface area contributed by atoms with Crippen LogP contribution in [0.15, 0.2) is 51.0 Å². The lowest BCUT2D eigenvalue weighted by atomic mass is 10.1. The quantitative estimate of drug-likeness (QED) is 0.808. The second kappa shape index (κ2) is 3.70. The van der Waals surface area contributed by atoms with Gasteiger partial charge in [-0.2, -0.15) is 12.6 Å². The average molecular weight is 242 g/mol. The summed E-state index contributed by atoms with van der Waals surface area (Å²) < 4.78 is 34.4. The summed E-state index contributed by atoms with van der Waals surface area (Å²) in [5.41, 5.74) is 0.289. The van der Waals surface area contributed by atoms with Crippen molar-refractivity contribution in [3.05, 3.63) is 35.9 Å². The second-order valence-electron chi connectivity index (χ2n) is 2.86. The fraction of sp³-hybridized carbons (Fsp3) is 0.143. The van der Waals surface area contributed by atoms with Crippen molar-refractivity contribution >= 4 is 10.4 Å². The minimum atomic E-state index is -4.72. The molecule has 1 aliphatic rings. The van der Waals surface area contributed by atoms with Crippen LogP contribution < -0.4 is 0 Å². The maximum atomic E-state index is 10.7. The molecule has 8 nitrogen and oxygen atoms in total. The van der Waals surface area contributed by atoms with Crippen molar-refractivity contribution in [3.8, 4) is 0 Å². The van der Waals surface area contributed by atoms with Gasteiger partial charge in [0.15, 0.2) is 0 Å². The molecule has 1 aliphatic heterocycles. The summed E-state index contributed by atoms with van der Waals surface area (Å²) in [6, 6.07) is 8.03. The number of benzene rings is 1. The van der Waals surface area contributed by atoms with E-state index in [2.05, 4.69) is 24.9 Å². The Labute approximate surface area is 90.6 Å². The van der Waals surface area contributed by atoms with Gasteiger partial charge in [-0.3, -0.25) is 4.55 Å². The molecule has 1 heterocycles. The van der Waals surface area contributed by atoms with Gasteiger partial charge in [0.2, 0.25) is 0 Å². The molecule has 0 radical (unpaired) electrons. The maximum Gasteiger partial charge on any atom is 0.401 e. The van der Waals surface area contributed by atoms with Crippen molar-refractivity contribution in [1.29, 1.82) is 0 Å². The van der Waals surface area contributed by atoms with Crippen LogP contribution in [0.1, 0.15) is 5.56 Å². The molecule has 0 spiro atoms. The highest BCUT2D eigenvalue weighted by atomic mass is 32.3. The first-order valence-electron chi connectivity index (χ1n) is 4.09. The molecular formula is C7H6N4O4S. The Bertz CT molecular complexity index is 527. The lowest BCUT2D eigenvalue weighted by Crippen LogP contribution is -2.26. The van der Waals surface area contributed by atoms with E-state index in [1.165, 1.54) is 12.1 Å². The zero-order chi connectivity index (χ0) is 11.6. The Morgan fingerprint density at radius 3 is 2.19 bits per heavy atom. The number of hydrogen-bond acceptors (Lipinski definition) is 7. The highest BCUT2D eigenvalue weighted by molar-refractivity contribution is 7.80. The fourth-order valence-electron chi connectivity index (χ4n) is 1.18. The van der Waals surface area contributed by atoms with Crippen LogP contribution in [0.4, 0.5) is 0 Å². The smallest absolute Gasteiger partial charge is 0.263 e. The normalized spacial score (nSPS) is 17.8. The van der Waals surface area contributed by atoms with Crippen molar-refractivity contribution in [2.45, 2.75) is 5.85 Å². The standard InChI is InChI=1S/C7H6N4O4S/c12-16(13,14)15-7(8-10-11-9-7)6-4-2-1-3-5-6/h1-5H,(H,12,13,14). The molecule has 0 saturated carbocycles. The summed E-state index contributed by atoms with van der Waals surface area (Å²) in [5.74, 6) is -1.95. The van der Waals surface area contributed by atoms with Crippen molar-refractivity contribution in [3.63, 3.8) is 0 Å². The summed E-state index contributed by atoms with van der Waals surface area (Å²) in [5, 5.41) is 13.3. The summed E-state index contributed by atoms with van der Waals surface area (Å²) in [6.45, 7) is 0. The van der Waals surface area contributed by atoms with Crippen molar-refractivity contribution in [1.82, 2.24) is 0 Å². The summed E-state index contributed by atoms with van der Waals surface area (Å²) in [6.07, 6.45) is 0. The highest BCUT2D eigenvalue weighted by Crippen LogP contribution is 2.34. The van der Waals surface area contributed by atoms with Crippen LogP contribution in [0, 0.1) is 0 Å². The Morgan fingerprint density at radius 1 is 1.12 bits per heavy atom. The number of rotatable bonds is 3. The highest BCUT2D eigenvalue weighted by Gasteiger charge is 2.41. The van der Waals surface area contributed by atoms with E-state index in [9.17, 15) is 8.42 Å². The van der Waals surface area contributed by atoms with Gasteiger partial charge in [-0.15, -0.1) is 0 Å². The predicted molar refractivity (Wildman–Crippen MR) is 50.5 cm³/mol. The molecule has 0 amide bonds. The Morgan fingerprint density at radius 2 is 1.69 bits per heavy atom. The van der Waals surface area contributed by atoms with Crippen LogP contribution in [-0.2, 0) is 20.4 Å². The van der Waals surface area contributed by atoms with Crippen molar-refractivity contribution < 1.29 is 17.2 Å². The third-order valence-corrected chi connectivity index (χ3v) is 2.21. The van der Waals surface area contributed by atoms with E-state index in [4.69, 9.17) is 4.55 Å². The largest absolute Gasteiger partial charge is 0.401 e. The van der Waals surface area contributed by atoms with E-state index >= 15 is 0 Å². The zero-order valence-electron chi connectivity index (χ0n) is 7.76. The van der Waals surface area contributed by atoms with E-state index < -0.39 is 16.2 Å². The zero-order valence-corrected chi connectivity index (χ0v) is 8.57. The minimum Gasteiger partial charge on any atom is -0.263 e. The van der Waals surface area contributed by atoms with Gasteiger partial charge in [0.25, 0.3) is 0 Å². The molecule has 0 aliphatic carbocycles. The molecule has 16 heavy (non-hydrogen) atoms. The molecule has 0 aromatic heterocycles. The molecule has 0 unspecified atom stereocenters. The monoisotopic (exact) mass is 242 g/mol. The van der Waals surface area contributed by atoms with Crippen LogP contribution in [0.3, 0.4) is 0 Å². The number of nitrogens with zero attached hydrogens (tertiary/aromatic N) is 4. The molecule has 1 aromatic rings. The van der Waals surface area contributed by atoms with Gasteiger partial charge < -0.3 is 0 Å². The molecule has 0 saturated heterocycles. The predicted octanol–water partition coefficient (Wildman–Crippen LogP) is 1.45. The minimum absolute atomic E-state index is 0.289. The van der Waals surface area contributed by atoms with Crippen molar-refractivity contribution in [2.75, 3.05) is 0 Å². The van der Waals surface area contributed by atoms with Gasteiger partial charge in [0, 0.05) is 5.56 Å². The molecule has 2 rings (SSSR count). The van der Waals surface area contributed by atoms with Gasteiger partial charge in [0.1, 0.15) is 0 Å². The number of hydrogen-bond donors (Lipinski definition) is 1. The lowest BCUT2D eigenvalue weighted by Gasteiger charge is -2.17. The molecular weight excluding hydrogens is 236 g/mol. The van der Waals surface area contributed by atoms with E-state index in [1.807, 2.05) is 0 Å². The molecule has 1 aromatic carbocycles. The van der Waals surface area contributed by atoms with E-state index in [0.29, 0.717) is 0 Å². The topological polar surface area (TPSA) is 113 Å². The Balaban J connectivity index is 2.46. The van der Waals surface area contributed by atoms with E-state index in [-0.39, 0.29) is 5.56 Å². The Hall–Kier alpha value is -1.71.